The Morgan fingerprint density at radius 2 is 2.12 bits per heavy atom. The zero-order valence-electron chi connectivity index (χ0n) is 9.27. The molecule has 0 bridgehead atoms. The molecule has 0 amide bonds. The van der Waals surface area contributed by atoms with E-state index in [0.717, 1.165) is 22.3 Å². The monoisotopic (exact) mass is 292 g/mol. The molecule has 2 N–H and O–H groups in total. The van der Waals surface area contributed by atoms with E-state index in [2.05, 4.69) is 20.9 Å². The fourth-order valence-corrected chi connectivity index (χ4v) is 1.80. The highest BCUT2D eigenvalue weighted by molar-refractivity contribution is 9.10. The van der Waals surface area contributed by atoms with Gasteiger partial charge in [-0.3, -0.25) is 4.98 Å². The number of nitrogen functional groups attached to an aromatic ring is 1. The van der Waals surface area contributed by atoms with Crippen LogP contribution in [0.5, 0.6) is 5.75 Å². The molecule has 0 radical (unpaired) electrons. The molecule has 0 aliphatic rings. The van der Waals surface area contributed by atoms with Crippen molar-refractivity contribution in [1.82, 2.24) is 4.98 Å². The van der Waals surface area contributed by atoms with Crippen LogP contribution in [0.4, 0.5) is 5.69 Å². The first-order valence-electron chi connectivity index (χ1n) is 5.33. The number of nitrogens with two attached hydrogens (primary N) is 1. The van der Waals surface area contributed by atoms with Crippen LogP contribution in [0, 0.1) is 0 Å². The maximum Gasteiger partial charge on any atom is 0.135 e. The average Bonchev–Trinajstić information content (AvgIpc) is 2.35. The summed E-state index contributed by atoms with van der Waals surface area (Å²) in [6.45, 7) is 0.582. The number of benzene rings is 1. The van der Waals surface area contributed by atoms with Gasteiger partial charge < -0.3 is 10.5 Å². The summed E-state index contributed by atoms with van der Waals surface area (Å²) in [5, 5.41) is 0. The molecule has 1 heterocycles. The fourth-order valence-electron chi connectivity index (χ4n) is 1.44. The molecule has 1 aromatic carbocycles. The van der Waals surface area contributed by atoms with Gasteiger partial charge in [0.05, 0.1) is 11.1 Å². The Balaban J connectivity index is 1.92. The summed E-state index contributed by atoms with van der Waals surface area (Å²) in [5.41, 5.74) is 7.41. The molecule has 2 rings (SSSR count). The Kier molecular flexibility index (Phi) is 3.98. The second-order valence-electron chi connectivity index (χ2n) is 3.61. The van der Waals surface area contributed by atoms with Crippen LogP contribution in [0.3, 0.4) is 0 Å². The van der Waals surface area contributed by atoms with E-state index in [0.29, 0.717) is 12.3 Å². The highest BCUT2D eigenvalue weighted by atomic mass is 79.9. The largest absolute Gasteiger partial charge is 0.492 e. The number of aromatic nitrogens is 1. The molecule has 0 unspecified atom stereocenters. The van der Waals surface area contributed by atoms with Gasteiger partial charge in [-0.1, -0.05) is 6.07 Å². The molecule has 0 atom stereocenters. The van der Waals surface area contributed by atoms with Crippen molar-refractivity contribution in [3.63, 3.8) is 0 Å². The third-order valence-corrected chi connectivity index (χ3v) is 2.95. The molecular formula is C13H13BrN2O. The quantitative estimate of drug-likeness (QED) is 0.881. The number of anilines is 1. The summed E-state index contributed by atoms with van der Waals surface area (Å²) in [6.07, 6.45) is 2.56. The van der Waals surface area contributed by atoms with Gasteiger partial charge in [-0.2, -0.15) is 0 Å². The molecule has 0 fully saturated rings. The van der Waals surface area contributed by atoms with Crippen LogP contribution >= 0.6 is 15.9 Å². The van der Waals surface area contributed by atoms with Crippen LogP contribution in [0.25, 0.3) is 0 Å². The molecule has 4 heteroatoms. The van der Waals surface area contributed by atoms with Crippen LogP contribution in [0.2, 0.25) is 0 Å². The number of hydrogen-bond donors (Lipinski definition) is 1. The fraction of sp³-hybridized carbons (Fsp3) is 0.154. The van der Waals surface area contributed by atoms with E-state index in [4.69, 9.17) is 10.5 Å². The maximum absolute atomic E-state index is 5.70. The Hall–Kier alpha value is -1.55. The highest BCUT2D eigenvalue weighted by Gasteiger charge is 2.01. The summed E-state index contributed by atoms with van der Waals surface area (Å²) in [4.78, 5) is 4.23. The summed E-state index contributed by atoms with van der Waals surface area (Å²) in [5.74, 6) is 0.765. The first-order valence-corrected chi connectivity index (χ1v) is 6.13. The van der Waals surface area contributed by atoms with Gasteiger partial charge in [0.15, 0.2) is 0 Å². The molecular weight excluding hydrogens is 280 g/mol. The van der Waals surface area contributed by atoms with Crippen molar-refractivity contribution in [3.05, 3.63) is 52.8 Å². The van der Waals surface area contributed by atoms with E-state index in [1.165, 1.54) is 0 Å². The van der Waals surface area contributed by atoms with E-state index in [1.807, 2.05) is 36.4 Å². The van der Waals surface area contributed by atoms with Gasteiger partial charge in [0, 0.05) is 30.1 Å². The van der Waals surface area contributed by atoms with Gasteiger partial charge in [0.1, 0.15) is 5.75 Å². The molecule has 17 heavy (non-hydrogen) atoms. The average molecular weight is 293 g/mol. The van der Waals surface area contributed by atoms with Crippen LogP contribution in [0.15, 0.2) is 47.1 Å². The van der Waals surface area contributed by atoms with E-state index in [9.17, 15) is 0 Å². The number of halogens is 1. The van der Waals surface area contributed by atoms with Gasteiger partial charge in [-0.25, -0.2) is 0 Å². The summed E-state index contributed by atoms with van der Waals surface area (Å²) >= 11 is 3.42. The Morgan fingerprint density at radius 3 is 2.88 bits per heavy atom. The van der Waals surface area contributed by atoms with E-state index in [1.54, 1.807) is 6.20 Å². The van der Waals surface area contributed by atoms with Gasteiger partial charge >= 0.3 is 0 Å². The van der Waals surface area contributed by atoms with Crippen molar-refractivity contribution in [2.24, 2.45) is 0 Å². The second kappa shape index (κ2) is 5.68. The van der Waals surface area contributed by atoms with E-state index in [-0.39, 0.29) is 0 Å². The molecule has 3 nitrogen and oxygen atoms in total. The first kappa shape index (κ1) is 11.9. The van der Waals surface area contributed by atoms with E-state index >= 15 is 0 Å². The number of hydrogen-bond acceptors (Lipinski definition) is 3. The maximum atomic E-state index is 5.70. The molecule has 0 aliphatic carbocycles. The third-order valence-electron chi connectivity index (χ3n) is 2.30. The number of pyridine rings is 1. The molecule has 1 aromatic heterocycles. The van der Waals surface area contributed by atoms with Crippen LogP contribution < -0.4 is 10.5 Å². The lowest BCUT2D eigenvalue weighted by Gasteiger charge is -2.08. The second-order valence-corrected chi connectivity index (χ2v) is 4.46. The lowest BCUT2D eigenvalue weighted by atomic mass is 10.3. The lowest BCUT2D eigenvalue weighted by molar-refractivity contribution is 0.319. The van der Waals surface area contributed by atoms with Gasteiger partial charge in [0.2, 0.25) is 0 Å². The Morgan fingerprint density at radius 1 is 1.24 bits per heavy atom. The molecule has 2 aromatic rings. The third kappa shape index (κ3) is 3.46. The zero-order valence-corrected chi connectivity index (χ0v) is 10.9. The Labute approximate surface area is 109 Å². The minimum absolute atomic E-state index is 0.582. The van der Waals surface area contributed by atoms with Crippen molar-refractivity contribution in [2.45, 2.75) is 6.42 Å². The van der Waals surface area contributed by atoms with E-state index < -0.39 is 0 Å². The smallest absolute Gasteiger partial charge is 0.135 e. The molecule has 0 saturated heterocycles. The molecule has 0 aliphatic heterocycles. The van der Waals surface area contributed by atoms with Crippen molar-refractivity contribution in [2.75, 3.05) is 12.3 Å². The van der Waals surface area contributed by atoms with Gasteiger partial charge in [0.25, 0.3) is 0 Å². The summed E-state index contributed by atoms with van der Waals surface area (Å²) in [6, 6.07) is 11.4. The topological polar surface area (TPSA) is 48.1 Å². The molecule has 0 spiro atoms. The van der Waals surface area contributed by atoms with Gasteiger partial charge in [-0.05, 0) is 40.2 Å². The zero-order chi connectivity index (χ0) is 12.1. The normalized spacial score (nSPS) is 10.2. The highest BCUT2D eigenvalue weighted by Crippen LogP contribution is 2.26. The van der Waals surface area contributed by atoms with Crippen LogP contribution in [-0.2, 0) is 6.42 Å². The van der Waals surface area contributed by atoms with Crippen LogP contribution in [-0.4, -0.2) is 11.6 Å². The SMILES string of the molecule is Nc1ccc(Br)c(OCCc2ccccn2)c1. The molecule has 0 saturated carbocycles. The van der Waals surface area contributed by atoms with Gasteiger partial charge in [-0.15, -0.1) is 0 Å². The van der Waals surface area contributed by atoms with Crippen molar-refractivity contribution < 1.29 is 4.74 Å². The predicted molar refractivity (Wildman–Crippen MR) is 72.0 cm³/mol. The van der Waals surface area contributed by atoms with Crippen molar-refractivity contribution in [1.29, 1.82) is 0 Å². The number of ether oxygens (including phenoxy) is 1. The number of nitrogens with zero attached hydrogens (tertiary/aromatic N) is 1. The number of rotatable bonds is 4. The Bertz CT molecular complexity index is 488. The molecule has 88 valence electrons. The first-order chi connectivity index (χ1) is 8.25. The minimum atomic E-state index is 0.582. The standard InChI is InChI=1S/C13H13BrN2O/c14-12-5-4-10(15)9-13(12)17-8-6-11-3-1-2-7-16-11/h1-5,7,9H,6,8,15H2. The van der Waals surface area contributed by atoms with Crippen molar-refractivity contribution in [3.8, 4) is 5.75 Å². The minimum Gasteiger partial charge on any atom is -0.492 e. The summed E-state index contributed by atoms with van der Waals surface area (Å²) < 4.78 is 6.56. The van der Waals surface area contributed by atoms with Crippen LogP contribution in [0.1, 0.15) is 5.69 Å². The van der Waals surface area contributed by atoms with Crippen molar-refractivity contribution >= 4 is 21.6 Å². The lowest BCUT2D eigenvalue weighted by Crippen LogP contribution is -2.03. The summed E-state index contributed by atoms with van der Waals surface area (Å²) in [7, 11) is 0. The predicted octanol–water partition coefficient (Wildman–Crippen LogP) is 3.05.